The van der Waals surface area contributed by atoms with E-state index in [0.29, 0.717) is 24.5 Å². The lowest BCUT2D eigenvalue weighted by atomic mass is 10.2. The fourth-order valence-electron chi connectivity index (χ4n) is 2.32. The number of amides is 1. The van der Waals surface area contributed by atoms with Crippen molar-refractivity contribution < 1.29 is 23.8 Å². The zero-order valence-corrected chi connectivity index (χ0v) is 11.5. The highest BCUT2D eigenvalue weighted by Gasteiger charge is 2.25. The van der Waals surface area contributed by atoms with E-state index in [1.54, 1.807) is 17.9 Å². The molecule has 2 rings (SSSR count). The van der Waals surface area contributed by atoms with Gasteiger partial charge in [-0.15, -0.1) is 0 Å². The number of aliphatic carboxylic acids is 1. The zero-order chi connectivity index (χ0) is 14.5. The van der Waals surface area contributed by atoms with Gasteiger partial charge in [-0.3, -0.25) is 9.59 Å². The topological polar surface area (TPSA) is 80.0 Å². The van der Waals surface area contributed by atoms with Gasteiger partial charge in [-0.2, -0.15) is 0 Å². The van der Waals surface area contributed by atoms with Crippen LogP contribution in [0.1, 0.15) is 35.4 Å². The second-order valence-electron chi connectivity index (χ2n) is 4.92. The molecular formula is C14H19NO5. The van der Waals surface area contributed by atoms with Crippen LogP contribution >= 0.6 is 0 Å². The molecule has 0 bridgehead atoms. The summed E-state index contributed by atoms with van der Waals surface area (Å²) in [6.07, 6.45) is 3.27. The fraction of sp³-hybridized carbons (Fsp3) is 0.571. The second kappa shape index (κ2) is 6.56. The van der Waals surface area contributed by atoms with Gasteiger partial charge in [0.25, 0.3) is 5.91 Å². The summed E-state index contributed by atoms with van der Waals surface area (Å²) in [5, 5.41) is 8.80. The van der Waals surface area contributed by atoms with E-state index in [1.165, 1.54) is 6.26 Å². The second-order valence-corrected chi connectivity index (χ2v) is 4.92. The standard InChI is InChI=1S/C14H19NO5/c1-10-12(5-8-19-10)14(18)15(6-4-13(16)17)9-11-3-2-7-20-11/h5,8,11H,2-4,6-7,9H2,1H3,(H,16,17). The van der Waals surface area contributed by atoms with Crippen molar-refractivity contribution >= 4 is 11.9 Å². The molecular weight excluding hydrogens is 262 g/mol. The number of nitrogens with zero attached hydrogens (tertiary/aromatic N) is 1. The van der Waals surface area contributed by atoms with E-state index in [4.69, 9.17) is 14.3 Å². The number of carboxylic acids is 1. The third-order valence-corrected chi connectivity index (χ3v) is 3.42. The first kappa shape index (κ1) is 14.6. The van der Waals surface area contributed by atoms with Crippen molar-refractivity contribution in [3.63, 3.8) is 0 Å². The van der Waals surface area contributed by atoms with Gasteiger partial charge in [-0.25, -0.2) is 0 Å². The van der Waals surface area contributed by atoms with E-state index in [1.807, 2.05) is 0 Å². The summed E-state index contributed by atoms with van der Waals surface area (Å²) in [6, 6.07) is 1.61. The predicted molar refractivity (Wildman–Crippen MR) is 70.6 cm³/mol. The molecule has 0 radical (unpaired) electrons. The van der Waals surface area contributed by atoms with Crippen molar-refractivity contribution in [1.29, 1.82) is 0 Å². The third-order valence-electron chi connectivity index (χ3n) is 3.42. The molecule has 2 heterocycles. The number of furan rings is 1. The van der Waals surface area contributed by atoms with Crippen LogP contribution in [-0.4, -0.2) is 47.7 Å². The van der Waals surface area contributed by atoms with Gasteiger partial charge in [-0.05, 0) is 25.8 Å². The van der Waals surface area contributed by atoms with Crippen LogP contribution in [0.15, 0.2) is 16.7 Å². The van der Waals surface area contributed by atoms with Crippen molar-refractivity contribution in [1.82, 2.24) is 4.90 Å². The van der Waals surface area contributed by atoms with Crippen LogP contribution in [0.5, 0.6) is 0 Å². The molecule has 1 aliphatic rings. The molecule has 20 heavy (non-hydrogen) atoms. The molecule has 1 N–H and O–H groups in total. The van der Waals surface area contributed by atoms with E-state index in [9.17, 15) is 9.59 Å². The molecule has 0 saturated carbocycles. The van der Waals surface area contributed by atoms with Crippen molar-refractivity contribution in [3.05, 3.63) is 23.7 Å². The molecule has 0 aliphatic carbocycles. The molecule has 6 heteroatoms. The van der Waals surface area contributed by atoms with Crippen LogP contribution in [0.4, 0.5) is 0 Å². The fourth-order valence-corrected chi connectivity index (χ4v) is 2.32. The molecule has 1 aromatic rings. The molecule has 0 spiro atoms. The molecule has 1 unspecified atom stereocenters. The van der Waals surface area contributed by atoms with Crippen LogP contribution in [0.25, 0.3) is 0 Å². The summed E-state index contributed by atoms with van der Waals surface area (Å²) in [6.45, 7) is 3.03. The summed E-state index contributed by atoms with van der Waals surface area (Å²) in [7, 11) is 0. The SMILES string of the molecule is Cc1occc1C(=O)N(CCC(=O)O)CC1CCCO1. The van der Waals surface area contributed by atoms with Crippen molar-refractivity contribution in [2.45, 2.75) is 32.3 Å². The molecule has 1 fully saturated rings. The molecule has 0 aromatic carbocycles. The van der Waals surface area contributed by atoms with Gasteiger partial charge in [0.2, 0.25) is 0 Å². The Labute approximate surface area is 117 Å². The van der Waals surface area contributed by atoms with Crippen molar-refractivity contribution in [2.75, 3.05) is 19.7 Å². The minimum Gasteiger partial charge on any atom is -0.481 e. The van der Waals surface area contributed by atoms with E-state index in [2.05, 4.69) is 0 Å². The Balaban J connectivity index is 2.05. The Kier molecular flexibility index (Phi) is 4.79. The Hall–Kier alpha value is -1.82. The third kappa shape index (κ3) is 3.60. The molecule has 110 valence electrons. The molecule has 1 saturated heterocycles. The number of hydrogen-bond donors (Lipinski definition) is 1. The summed E-state index contributed by atoms with van der Waals surface area (Å²) in [5.41, 5.74) is 0.480. The van der Waals surface area contributed by atoms with Crippen LogP contribution < -0.4 is 0 Å². The highest BCUT2D eigenvalue weighted by atomic mass is 16.5. The average molecular weight is 281 g/mol. The highest BCUT2D eigenvalue weighted by molar-refractivity contribution is 5.95. The first-order valence-electron chi connectivity index (χ1n) is 6.74. The van der Waals surface area contributed by atoms with Gasteiger partial charge in [0.15, 0.2) is 0 Å². The van der Waals surface area contributed by atoms with Crippen molar-refractivity contribution in [2.24, 2.45) is 0 Å². The number of ether oxygens (including phenoxy) is 1. The Morgan fingerprint density at radius 1 is 1.50 bits per heavy atom. The molecule has 6 nitrogen and oxygen atoms in total. The van der Waals surface area contributed by atoms with Crippen molar-refractivity contribution in [3.8, 4) is 0 Å². The van der Waals surface area contributed by atoms with Crippen LogP contribution in [-0.2, 0) is 9.53 Å². The molecule has 1 aromatic heterocycles. The van der Waals surface area contributed by atoms with E-state index in [0.717, 1.165) is 12.8 Å². The average Bonchev–Trinajstić information content (AvgIpc) is 3.04. The summed E-state index contributed by atoms with van der Waals surface area (Å²) >= 11 is 0. The maximum absolute atomic E-state index is 12.4. The first-order valence-corrected chi connectivity index (χ1v) is 6.74. The Morgan fingerprint density at radius 2 is 2.30 bits per heavy atom. The molecule has 1 atom stereocenters. The summed E-state index contributed by atoms with van der Waals surface area (Å²) in [5.74, 6) is -0.574. The van der Waals surface area contributed by atoms with E-state index in [-0.39, 0.29) is 25.0 Å². The minimum atomic E-state index is -0.918. The molecule has 1 amide bonds. The van der Waals surface area contributed by atoms with Gasteiger partial charge in [0, 0.05) is 19.7 Å². The van der Waals surface area contributed by atoms with Crippen LogP contribution in [0.3, 0.4) is 0 Å². The lowest BCUT2D eigenvalue weighted by molar-refractivity contribution is -0.137. The maximum atomic E-state index is 12.4. The Bertz CT molecular complexity index is 476. The predicted octanol–water partition coefficient (Wildman–Crippen LogP) is 1.68. The quantitative estimate of drug-likeness (QED) is 0.858. The highest BCUT2D eigenvalue weighted by Crippen LogP contribution is 2.17. The van der Waals surface area contributed by atoms with E-state index < -0.39 is 5.97 Å². The monoisotopic (exact) mass is 281 g/mol. The van der Waals surface area contributed by atoms with E-state index >= 15 is 0 Å². The van der Waals surface area contributed by atoms with Gasteiger partial charge in [0.1, 0.15) is 5.76 Å². The first-order chi connectivity index (χ1) is 9.58. The normalized spacial score (nSPS) is 18.1. The van der Waals surface area contributed by atoms with Gasteiger partial charge >= 0.3 is 5.97 Å². The van der Waals surface area contributed by atoms with Crippen LogP contribution in [0, 0.1) is 6.92 Å². The number of carboxylic acid groups (broad SMARTS) is 1. The number of aryl methyl sites for hydroxylation is 1. The summed E-state index contributed by atoms with van der Waals surface area (Å²) in [4.78, 5) is 24.7. The maximum Gasteiger partial charge on any atom is 0.305 e. The molecule has 1 aliphatic heterocycles. The number of carbonyl (C=O) groups excluding carboxylic acids is 1. The van der Waals surface area contributed by atoms with Gasteiger partial charge in [0.05, 0.1) is 24.4 Å². The number of carbonyl (C=O) groups is 2. The minimum absolute atomic E-state index is 0.0000444. The van der Waals surface area contributed by atoms with Gasteiger partial charge < -0.3 is 19.2 Å². The zero-order valence-electron chi connectivity index (χ0n) is 11.5. The lowest BCUT2D eigenvalue weighted by Gasteiger charge is -2.24. The summed E-state index contributed by atoms with van der Waals surface area (Å²) < 4.78 is 10.7. The van der Waals surface area contributed by atoms with Gasteiger partial charge in [-0.1, -0.05) is 0 Å². The Morgan fingerprint density at radius 3 is 2.85 bits per heavy atom. The number of hydrogen-bond acceptors (Lipinski definition) is 4. The lowest BCUT2D eigenvalue weighted by Crippen LogP contribution is -2.38. The largest absolute Gasteiger partial charge is 0.481 e. The van der Waals surface area contributed by atoms with Crippen LogP contribution in [0.2, 0.25) is 0 Å². The smallest absolute Gasteiger partial charge is 0.305 e. The number of rotatable bonds is 6.